The lowest BCUT2D eigenvalue weighted by atomic mass is 9.97. The topological polar surface area (TPSA) is 49.0 Å². The third-order valence-electron chi connectivity index (χ3n) is 4.31. The van der Waals surface area contributed by atoms with Crippen molar-refractivity contribution in [1.82, 2.24) is 14.9 Å². The molecular weight excluding hydrogens is 262 g/mol. The largest absolute Gasteiger partial charge is 0.342 e. The van der Waals surface area contributed by atoms with Crippen molar-refractivity contribution in [3.05, 3.63) is 30.1 Å². The number of benzene rings is 1. The highest BCUT2D eigenvalue weighted by Gasteiger charge is 2.26. The number of H-pyrrole nitrogens is 1. The molecule has 1 amide bonds. The molecule has 4 heteroatoms. The van der Waals surface area contributed by atoms with Crippen LogP contribution in [-0.4, -0.2) is 33.9 Å². The SMILES string of the molecule is CCCCC(=O)N1CCCC(c2nc3ccccc3[nH]2)C1. The Balaban J connectivity index is 1.72. The number of fused-ring (bicyclic) bond motifs is 1. The normalized spacial score (nSPS) is 19.1. The molecule has 4 nitrogen and oxygen atoms in total. The molecule has 2 heterocycles. The molecular formula is C17H23N3O. The fraction of sp³-hybridized carbons (Fsp3) is 0.529. The fourth-order valence-electron chi connectivity index (χ4n) is 3.08. The maximum Gasteiger partial charge on any atom is 0.222 e. The van der Waals surface area contributed by atoms with Crippen LogP contribution >= 0.6 is 0 Å². The van der Waals surface area contributed by atoms with E-state index in [-0.39, 0.29) is 0 Å². The predicted octanol–water partition coefficient (Wildman–Crippen LogP) is 3.46. The van der Waals surface area contributed by atoms with Gasteiger partial charge in [-0.2, -0.15) is 0 Å². The van der Waals surface area contributed by atoms with E-state index in [1.807, 2.05) is 23.1 Å². The molecule has 0 spiro atoms. The van der Waals surface area contributed by atoms with Crippen molar-refractivity contribution in [3.63, 3.8) is 0 Å². The van der Waals surface area contributed by atoms with E-state index in [0.717, 1.165) is 55.6 Å². The summed E-state index contributed by atoms with van der Waals surface area (Å²) in [6, 6.07) is 8.11. The number of nitrogens with zero attached hydrogens (tertiary/aromatic N) is 2. The van der Waals surface area contributed by atoms with Crippen LogP contribution < -0.4 is 0 Å². The van der Waals surface area contributed by atoms with Crippen molar-refractivity contribution in [2.75, 3.05) is 13.1 Å². The Bertz CT molecular complexity index is 586. The van der Waals surface area contributed by atoms with E-state index in [2.05, 4.69) is 18.0 Å². The van der Waals surface area contributed by atoms with Crippen molar-refractivity contribution >= 4 is 16.9 Å². The van der Waals surface area contributed by atoms with Gasteiger partial charge >= 0.3 is 0 Å². The summed E-state index contributed by atoms with van der Waals surface area (Å²) in [6.45, 7) is 3.84. The lowest BCUT2D eigenvalue weighted by Crippen LogP contribution is -2.39. The van der Waals surface area contributed by atoms with Crippen molar-refractivity contribution in [3.8, 4) is 0 Å². The van der Waals surface area contributed by atoms with Gasteiger partial charge in [-0.05, 0) is 31.4 Å². The van der Waals surface area contributed by atoms with Gasteiger partial charge in [0.15, 0.2) is 0 Å². The zero-order valence-electron chi connectivity index (χ0n) is 12.6. The molecule has 1 N–H and O–H groups in total. The number of rotatable bonds is 4. The number of aromatic nitrogens is 2. The third-order valence-corrected chi connectivity index (χ3v) is 4.31. The summed E-state index contributed by atoms with van der Waals surface area (Å²) in [5, 5.41) is 0. The minimum absolute atomic E-state index is 0.303. The molecule has 1 aliphatic heterocycles. The first kappa shape index (κ1) is 14.1. The maximum absolute atomic E-state index is 12.2. The van der Waals surface area contributed by atoms with Crippen LogP contribution in [0.5, 0.6) is 0 Å². The summed E-state index contributed by atoms with van der Waals surface area (Å²) in [4.78, 5) is 22.3. The van der Waals surface area contributed by atoms with Gasteiger partial charge in [0.25, 0.3) is 0 Å². The summed E-state index contributed by atoms with van der Waals surface area (Å²) in [6.07, 6.45) is 4.93. The molecule has 2 aromatic rings. The number of carbonyl (C=O) groups excluding carboxylic acids is 1. The van der Waals surface area contributed by atoms with Crippen LogP contribution in [0.4, 0.5) is 0 Å². The number of amides is 1. The summed E-state index contributed by atoms with van der Waals surface area (Å²) in [5.41, 5.74) is 2.10. The van der Waals surface area contributed by atoms with Gasteiger partial charge in [0.1, 0.15) is 5.82 Å². The number of para-hydroxylation sites is 2. The van der Waals surface area contributed by atoms with E-state index in [1.54, 1.807) is 0 Å². The molecule has 1 unspecified atom stereocenters. The van der Waals surface area contributed by atoms with E-state index in [1.165, 1.54) is 0 Å². The Morgan fingerprint density at radius 3 is 3.10 bits per heavy atom. The molecule has 1 aliphatic rings. The molecule has 112 valence electrons. The highest BCUT2D eigenvalue weighted by molar-refractivity contribution is 5.76. The molecule has 0 saturated carbocycles. The number of carbonyl (C=O) groups is 1. The highest BCUT2D eigenvalue weighted by atomic mass is 16.2. The Morgan fingerprint density at radius 2 is 2.29 bits per heavy atom. The first-order valence-electron chi connectivity index (χ1n) is 8.00. The quantitative estimate of drug-likeness (QED) is 0.935. The Kier molecular flexibility index (Phi) is 4.23. The predicted molar refractivity (Wildman–Crippen MR) is 84.2 cm³/mol. The third kappa shape index (κ3) is 3.09. The number of piperidine rings is 1. The molecule has 3 rings (SSSR count). The standard InChI is InChI=1S/C17H23N3O/c1-2-3-10-16(21)20-11-6-7-13(12-20)17-18-14-8-4-5-9-15(14)19-17/h4-5,8-9,13H,2-3,6-7,10-12H2,1H3,(H,18,19). The van der Waals surface area contributed by atoms with Crippen LogP contribution in [-0.2, 0) is 4.79 Å². The average molecular weight is 285 g/mol. The molecule has 1 aromatic heterocycles. The smallest absolute Gasteiger partial charge is 0.222 e. The lowest BCUT2D eigenvalue weighted by molar-refractivity contribution is -0.132. The second kappa shape index (κ2) is 6.29. The number of imidazole rings is 1. The van der Waals surface area contributed by atoms with Crippen LogP contribution in [0, 0.1) is 0 Å². The van der Waals surface area contributed by atoms with E-state index in [4.69, 9.17) is 4.98 Å². The van der Waals surface area contributed by atoms with E-state index in [0.29, 0.717) is 18.2 Å². The van der Waals surface area contributed by atoms with Crippen molar-refractivity contribution in [1.29, 1.82) is 0 Å². The van der Waals surface area contributed by atoms with Gasteiger partial charge in [0.2, 0.25) is 5.91 Å². The number of likely N-dealkylation sites (tertiary alicyclic amines) is 1. The minimum atomic E-state index is 0.303. The molecule has 1 atom stereocenters. The molecule has 21 heavy (non-hydrogen) atoms. The number of unbranched alkanes of at least 4 members (excludes halogenated alkanes) is 1. The summed E-state index contributed by atoms with van der Waals surface area (Å²) in [7, 11) is 0. The van der Waals surface area contributed by atoms with Gasteiger partial charge in [-0.15, -0.1) is 0 Å². The van der Waals surface area contributed by atoms with Crippen LogP contribution in [0.1, 0.15) is 50.8 Å². The first-order valence-corrected chi connectivity index (χ1v) is 8.00. The van der Waals surface area contributed by atoms with E-state index in [9.17, 15) is 4.79 Å². The molecule has 0 radical (unpaired) electrons. The van der Waals surface area contributed by atoms with Crippen molar-refractivity contribution in [2.45, 2.75) is 44.9 Å². The molecule has 0 aliphatic carbocycles. The summed E-state index contributed by atoms with van der Waals surface area (Å²) >= 11 is 0. The van der Waals surface area contributed by atoms with E-state index < -0.39 is 0 Å². The molecule has 1 saturated heterocycles. The second-order valence-electron chi connectivity index (χ2n) is 5.92. The number of nitrogens with one attached hydrogen (secondary N) is 1. The molecule has 1 fully saturated rings. The average Bonchev–Trinajstić information content (AvgIpc) is 2.97. The van der Waals surface area contributed by atoms with Gasteiger partial charge < -0.3 is 9.88 Å². The van der Waals surface area contributed by atoms with Crippen LogP contribution in [0.3, 0.4) is 0 Å². The molecule has 0 bridgehead atoms. The maximum atomic E-state index is 12.2. The number of aromatic amines is 1. The second-order valence-corrected chi connectivity index (χ2v) is 5.92. The Labute approximate surface area is 125 Å². The number of hydrogen-bond acceptors (Lipinski definition) is 2. The minimum Gasteiger partial charge on any atom is -0.342 e. The zero-order valence-corrected chi connectivity index (χ0v) is 12.6. The van der Waals surface area contributed by atoms with Crippen molar-refractivity contribution < 1.29 is 4.79 Å². The fourth-order valence-corrected chi connectivity index (χ4v) is 3.08. The number of hydrogen-bond donors (Lipinski definition) is 1. The van der Waals surface area contributed by atoms with E-state index >= 15 is 0 Å². The first-order chi connectivity index (χ1) is 10.3. The highest BCUT2D eigenvalue weighted by Crippen LogP contribution is 2.27. The van der Waals surface area contributed by atoms with Gasteiger partial charge in [0.05, 0.1) is 11.0 Å². The van der Waals surface area contributed by atoms with Crippen LogP contribution in [0.2, 0.25) is 0 Å². The lowest BCUT2D eigenvalue weighted by Gasteiger charge is -2.32. The van der Waals surface area contributed by atoms with Gasteiger partial charge in [-0.25, -0.2) is 4.98 Å². The van der Waals surface area contributed by atoms with Gasteiger partial charge in [-0.3, -0.25) is 4.79 Å². The monoisotopic (exact) mass is 285 g/mol. The molecule has 1 aromatic carbocycles. The van der Waals surface area contributed by atoms with Gasteiger partial charge in [-0.1, -0.05) is 25.5 Å². The Morgan fingerprint density at radius 1 is 1.43 bits per heavy atom. The van der Waals surface area contributed by atoms with Gasteiger partial charge in [0, 0.05) is 25.4 Å². The summed E-state index contributed by atoms with van der Waals surface area (Å²) < 4.78 is 0. The Hall–Kier alpha value is -1.84. The summed E-state index contributed by atoms with van der Waals surface area (Å²) in [5.74, 6) is 1.68. The zero-order chi connectivity index (χ0) is 14.7. The van der Waals surface area contributed by atoms with Crippen molar-refractivity contribution in [2.24, 2.45) is 0 Å². The van der Waals surface area contributed by atoms with Crippen LogP contribution in [0.25, 0.3) is 11.0 Å². The van der Waals surface area contributed by atoms with Crippen LogP contribution in [0.15, 0.2) is 24.3 Å².